The Balaban J connectivity index is 1.93. The van der Waals surface area contributed by atoms with Crippen LogP contribution in [-0.2, 0) is 17.7 Å². The topological polar surface area (TPSA) is 41.1 Å². The monoisotopic (exact) mass is 495 g/mol. The number of thioether (sulfide) groups is 1. The van der Waals surface area contributed by atoms with E-state index in [4.69, 9.17) is 39.5 Å². The number of aromatic nitrogens is 2. The van der Waals surface area contributed by atoms with Gasteiger partial charge in [0, 0.05) is 51.6 Å². The van der Waals surface area contributed by atoms with Crippen molar-refractivity contribution in [3.63, 3.8) is 0 Å². The van der Waals surface area contributed by atoms with E-state index in [0.29, 0.717) is 21.7 Å². The van der Waals surface area contributed by atoms with E-state index in [1.807, 2.05) is 13.2 Å². The van der Waals surface area contributed by atoms with E-state index in [9.17, 15) is 0 Å². The van der Waals surface area contributed by atoms with Gasteiger partial charge in [-0.25, -0.2) is 0 Å². The summed E-state index contributed by atoms with van der Waals surface area (Å²) >= 11 is 21.4. The molecule has 2 heterocycles. The van der Waals surface area contributed by atoms with Gasteiger partial charge in [0.25, 0.3) is 0 Å². The van der Waals surface area contributed by atoms with Crippen molar-refractivity contribution in [2.45, 2.75) is 37.0 Å². The molecule has 4 rings (SSSR count). The number of aryl methyl sites for hydroxylation is 1. The number of hydrogen-bond donors (Lipinski definition) is 1. The highest BCUT2D eigenvalue weighted by Gasteiger charge is 2.38. The van der Waals surface area contributed by atoms with Crippen molar-refractivity contribution in [3.8, 4) is 0 Å². The quantitative estimate of drug-likeness (QED) is 0.392. The molecule has 2 atom stereocenters. The molecule has 2 aromatic carbocycles. The highest BCUT2D eigenvalue weighted by atomic mass is 35.5. The summed E-state index contributed by atoms with van der Waals surface area (Å²) in [6, 6.07) is 12.0. The number of rotatable bonds is 6. The molecular weight excluding hydrogens is 473 g/mol. The van der Waals surface area contributed by atoms with E-state index in [1.54, 1.807) is 31.0 Å². The number of aromatic amines is 1. The van der Waals surface area contributed by atoms with Crippen LogP contribution in [-0.4, -0.2) is 41.1 Å². The third-order valence-electron chi connectivity index (χ3n) is 5.83. The molecule has 0 saturated heterocycles. The maximum absolute atomic E-state index is 6.77. The molecule has 1 aliphatic heterocycles. The summed E-state index contributed by atoms with van der Waals surface area (Å²) in [6.07, 6.45) is 2.91. The number of H-pyrrole nitrogens is 1. The number of fused-ring (bicyclic) bond motifs is 1. The summed E-state index contributed by atoms with van der Waals surface area (Å²) in [7, 11) is 1.74. The predicted molar refractivity (Wildman–Crippen MR) is 130 cm³/mol. The number of ether oxygens (including phenoxy) is 1. The van der Waals surface area contributed by atoms with Gasteiger partial charge in [-0.3, -0.25) is 10.00 Å². The molecule has 0 aliphatic carbocycles. The molecule has 3 aromatic rings. The molecule has 1 aromatic heterocycles. The second-order valence-corrected chi connectivity index (χ2v) is 9.76. The van der Waals surface area contributed by atoms with Crippen molar-refractivity contribution in [3.05, 3.63) is 79.4 Å². The van der Waals surface area contributed by atoms with E-state index in [2.05, 4.69) is 39.4 Å². The Morgan fingerprint density at radius 1 is 1.16 bits per heavy atom. The highest BCUT2D eigenvalue weighted by Crippen LogP contribution is 2.45. The second kappa shape index (κ2) is 9.74. The Bertz CT molecular complexity index is 1060. The minimum absolute atomic E-state index is 0.150. The SMILES string of the molecule is COCC1Cc2ccccc2CN1C(c1c(Cl)cc(Cl)cc1Cl)c1c(SC)n[nH]c1C. The van der Waals surface area contributed by atoms with E-state index < -0.39 is 0 Å². The summed E-state index contributed by atoms with van der Waals surface area (Å²) in [6.45, 7) is 3.39. The van der Waals surface area contributed by atoms with Crippen LogP contribution in [0.3, 0.4) is 0 Å². The Morgan fingerprint density at radius 2 is 1.84 bits per heavy atom. The number of nitrogens with one attached hydrogen (secondary N) is 1. The number of methoxy groups -OCH3 is 1. The minimum Gasteiger partial charge on any atom is -0.383 e. The summed E-state index contributed by atoms with van der Waals surface area (Å²) in [5.74, 6) is 0. The Labute approximate surface area is 202 Å². The number of hydrogen-bond acceptors (Lipinski definition) is 4. The largest absolute Gasteiger partial charge is 0.383 e. The van der Waals surface area contributed by atoms with E-state index in [1.165, 1.54) is 11.1 Å². The van der Waals surface area contributed by atoms with Gasteiger partial charge in [-0.15, -0.1) is 11.8 Å². The number of nitrogens with zero attached hydrogens (tertiary/aromatic N) is 2. The van der Waals surface area contributed by atoms with Crippen molar-refractivity contribution in [2.75, 3.05) is 20.0 Å². The lowest BCUT2D eigenvalue weighted by Gasteiger charge is -2.42. The molecular formula is C23H24Cl3N3OS. The number of benzene rings is 2. The highest BCUT2D eigenvalue weighted by molar-refractivity contribution is 7.98. The lowest BCUT2D eigenvalue weighted by molar-refractivity contribution is 0.0563. The zero-order valence-electron chi connectivity index (χ0n) is 17.6. The first-order valence-electron chi connectivity index (χ1n) is 9.99. The maximum atomic E-state index is 6.77. The zero-order valence-corrected chi connectivity index (χ0v) is 20.7. The lowest BCUT2D eigenvalue weighted by Crippen LogP contribution is -2.45. The molecule has 0 bridgehead atoms. The van der Waals surface area contributed by atoms with Crippen LogP contribution in [0.4, 0.5) is 0 Å². The van der Waals surface area contributed by atoms with Crippen LogP contribution in [0.5, 0.6) is 0 Å². The van der Waals surface area contributed by atoms with Crippen molar-refractivity contribution >= 4 is 46.6 Å². The summed E-state index contributed by atoms with van der Waals surface area (Å²) in [4.78, 5) is 2.43. The molecule has 1 aliphatic rings. The molecule has 0 fully saturated rings. The van der Waals surface area contributed by atoms with Crippen molar-refractivity contribution in [1.29, 1.82) is 0 Å². The Morgan fingerprint density at radius 3 is 2.48 bits per heavy atom. The molecule has 31 heavy (non-hydrogen) atoms. The molecule has 1 N–H and O–H groups in total. The average Bonchev–Trinajstić information content (AvgIpc) is 3.10. The molecule has 0 saturated carbocycles. The van der Waals surface area contributed by atoms with Crippen LogP contribution in [0.25, 0.3) is 0 Å². The van der Waals surface area contributed by atoms with Gasteiger partial charge in [0.15, 0.2) is 0 Å². The van der Waals surface area contributed by atoms with Crippen LogP contribution >= 0.6 is 46.6 Å². The lowest BCUT2D eigenvalue weighted by atomic mass is 9.89. The molecule has 2 unspecified atom stereocenters. The normalized spacial score (nSPS) is 17.5. The van der Waals surface area contributed by atoms with Gasteiger partial charge in [0.2, 0.25) is 0 Å². The summed E-state index contributed by atoms with van der Waals surface area (Å²) in [5.41, 5.74) is 5.56. The molecule has 0 radical (unpaired) electrons. The fraction of sp³-hybridized carbons (Fsp3) is 0.348. The third-order valence-corrected chi connectivity index (χ3v) is 7.37. The van der Waals surface area contributed by atoms with Gasteiger partial charge in [0.05, 0.1) is 12.6 Å². The number of halogens is 3. The van der Waals surface area contributed by atoms with Gasteiger partial charge in [0.1, 0.15) is 5.03 Å². The molecule has 8 heteroatoms. The first-order chi connectivity index (χ1) is 14.9. The molecule has 0 spiro atoms. The van der Waals surface area contributed by atoms with Gasteiger partial charge in [-0.2, -0.15) is 5.10 Å². The third kappa shape index (κ3) is 4.50. The maximum Gasteiger partial charge on any atom is 0.123 e. The van der Waals surface area contributed by atoms with Crippen LogP contribution in [0.2, 0.25) is 15.1 Å². The van der Waals surface area contributed by atoms with Crippen LogP contribution < -0.4 is 0 Å². The second-order valence-electron chi connectivity index (χ2n) is 7.71. The first kappa shape index (κ1) is 23.0. The smallest absolute Gasteiger partial charge is 0.123 e. The standard InChI is InChI=1S/C23H24Cl3N3OS/c1-13-20(23(31-3)28-27-13)22(21-18(25)9-16(24)10-19(21)26)29-11-15-7-5-4-6-14(15)8-17(29)12-30-2/h4-7,9-10,17,22H,8,11-12H2,1-3H3,(H,27,28). The summed E-state index contributed by atoms with van der Waals surface area (Å²) in [5, 5.41) is 10.2. The van der Waals surface area contributed by atoms with E-state index in [-0.39, 0.29) is 12.1 Å². The minimum atomic E-state index is -0.202. The Hall–Kier alpha value is -1.21. The van der Waals surface area contributed by atoms with Crippen LogP contribution in [0.1, 0.15) is 34.0 Å². The van der Waals surface area contributed by atoms with Gasteiger partial charge in [-0.1, -0.05) is 59.1 Å². The molecule has 164 valence electrons. The van der Waals surface area contributed by atoms with Crippen LogP contribution in [0.15, 0.2) is 41.4 Å². The van der Waals surface area contributed by atoms with Gasteiger partial charge in [-0.05, 0) is 42.9 Å². The van der Waals surface area contributed by atoms with E-state index in [0.717, 1.165) is 34.8 Å². The average molecular weight is 497 g/mol. The van der Waals surface area contributed by atoms with Crippen molar-refractivity contribution in [2.24, 2.45) is 0 Å². The molecule has 4 nitrogen and oxygen atoms in total. The first-order valence-corrected chi connectivity index (χ1v) is 12.3. The van der Waals surface area contributed by atoms with E-state index >= 15 is 0 Å². The van der Waals surface area contributed by atoms with Gasteiger partial charge >= 0.3 is 0 Å². The fourth-order valence-corrected chi connectivity index (χ4v) is 6.09. The van der Waals surface area contributed by atoms with Crippen LogP contribution in [0, 0.1) is 6.92 Å². The van der Waals surface area contributed by atoms with Crippen molar-refractivity contribution in [1.82, 2.24) is 15.1 Å². The zero-order chi connectivity index (χ0) is 22.1. The van der Waals surface area contributed by atoms with Gasteiger partial charge < -0.3 is 4.74 Å². The fourth-order valence-electron chi connectivity index (χ4n) is 4.44. The molecule has 0 amide bonds. The van der Waals surface area contributed by atoms with Crippen molar-refractivity contribution < 1.29 is 4.74 Å². The summed E-state index contributed by atoms with van der Waals surface area (Å²) < 4.78 is 5.64. The Kier molecular flexibility index (Phi) is 7.21. The predicted octanol–water partition coefficient (Wildman–Crippen LogP) is 6.56.